The van der Waals surface area contributed by atoms with Crippen LogP contribution in [0, 0.1) is 6.92 Å². The summed E-state index contributed by atoms with van der Waals surface area (Å²) in [5.74, 6) is 0.819. The van der Waals surface area contributed by atoms with Crippen LogP contribution < -0.4 is 0 Å². The van der Waals surface area contributed by atoms with Gasteiger partial charge in [-0.3, -0.25) is 0 Å². The molecule has 0 fully saturated rings. The molecule has 4 nitrogen and oxygen atoms in total. The molecule has 122 valence electrons. The summed E-state index contributed by atoms with van der Waals surface area (Å²) in [5, 5.41) is 18.3. The first kappa shape index (κ1) is 16.0. The predicted molar refractivity (Wildman–Crippen MR) is 95.3 cm³/mol. The molecule has 0 radical (unpaired) electrons. The van der Waals surface area contributed by atoms with Crippen molar-refractivity contribution in [2.24, 2.45) is 10.2 Å². The molecule has 0 saturated heterocycles. The van der Waals surface area contributed by atoms with E-state index in [0.717, 1.165) is 16.8 Å². The van der Waals surface area contributed by atoms with Crippen LogP contribution in [0.2, 0.25) is 0 Å². The minimum atomic E-state index is -0.227. The average molecular weight is 320 g/mol. The van der Waals surface area contributed by atoms with E-state index in [-0.39, 0.29) is 5.95 Å². The third-order valence-corrected chi connectivity index (χ3v) is 3.94. The van der Waals surface area contributed by atoms with Crippen molar-refractivity contribution >= 4 is 11.4 Å². The molecule has 1 heterocycles. The Morgan fingerprint density at radius 3 is 2.25 bits per heavy atom. The van der Waals surface area contributed by atoms with E-state index >= 15 is 0 Å². The average Bonchev–Trinajstić information content (AvgIpc) is 2.95. The van der Waals surface area contributed by atoms with Crippen molar-refractivity contribution < 1.29 is 9.52 Å². The molecule has 0 bridgehead atoms. The van der Waals surface area contributed by atoms with Crippen LogP contribution in [-0.2, 0) is 0 Å². The minimum Gasteiger partial charge on any atom is -0.479 e. The van der Waals surface area contributed by atoms with Crippen LogP contribution in [0.1, 0.15) is 30.9 Å². The van der Waals surface area contributed by atoms with Crippen LogP contribution in [-0.4, -0.2) is 5.11 Å². The fourth-order valence-corrected chi connectivity index (χ4v) is 2.40. The minimum absolute atomic E-state index is 0.227. The maximum absolute atomic E-state index is 9.96. The summed E-state index contributed by atoms with van der Waals surface area (Å²) in [6.07, 6.45) is 0. The number of aromatic hydroxyl groups is 1. The van der Waals surface area contributed by atoms with Crippen molar-refractivity contribution in [2.75, 3.05) is 0 Å². The second-order valence-corrected chi connectivity index (χ2v) is 6.06. The van der Waals surface area contributed by atoms with Crippen LogP contribution >= 0.6 is 0 Å². The van der Waals surface area contributed by atoms with Gasteiger partial charge in [0.1, 0.15) is 5.76 Å². The van der Waals surface area contributed by atoms with E-state index in [2.05, 4.69) is 36.2 Å². The third kappa shape index (κ3) is 3.38. The summed E-state index contributed by atoms with van der Waals surface area (Å²) < 4.78 is 5.42. The molecule has 4 heteroatoms. The summed E-state index contributed by atoms with van der Waals surface area (Å²) in [7, 11) is 0. The molecule has 0 spiro atoms. The predicted octanol–water partition coefficient (Wildman–Crippen LogP) is 6.50. The van der Waals surface area contributed by atoms with Gasteiger partial charge in [0.05, 0.1) is 5.69 Å². The van der Waals surface area contributed by atoms with Crippen molar-refractivity contribution in [2.45, 2.75) is 26.7 Å². The van der Waals surface area contributed by atoms with Crippen molar-refractivity contribution in [3.8, 4) is 17.3 Å². The van der Waals surface area contributed by atoms with Crippen molar-refractivity contribution in [3.05, 3.63) is 65.7 Å². The fourth-order valence-electron chi connectivity index (χ4n) is 2.40. The zero-order chi connectivity index (χ0) is 17.1. The Labute approximate surface area is 141 Å². The van der Waals surface area contributed by atoms with Gasteiger partial charge in [0, 0.05) is 11.6 Å². The van der Waals surface area contributed by atoms with Gasteiger partial charge in [-0.1, -0.05) is 56.3 Å². The smallest absolute Gasteiger partial charge is 0.311 e. The molecule has 0 saturated carbocycles. The quantitative estimate of drug-likeness (QED) is 0.558. The Morgan fingerprint density at radius 1 is 0.917 bits per heavy atom. The highest BCUT2D eigenvalue weighted by atomic mass is 16.5. The molecule has 24 heavy (non-hydrogen) atoms. The van der Waals surface area contributed by atoms with Gasteiger partial charge in [0.15, 0.2) is 5.69 Å². The summed E-state index contributed by atoms with van der Waals surface area (Å²) in [6.45, 7) is 6.26. The molecule has 0 amide bonds. The first-order valence-electron chi connectivity index (χ1n) is 7.95. The number of hydrogen-bond acceptors (Lipinski definition) is 4. The van der Waals surface area contributed by atoms with E-state index in [0.29, 0.717) is 17.4 Å². The molecular formula is C20H20N2O2. The number of rotatable bonds is 4. The number of benzene rings is 2. The standard InChI is InChI=1S/C20H20N2O2/c1-13(2)15-8-10-16(11-9-15)19-12-18(20(23)24-19)22-21-17-7-5-4-6-14(17)3/h4-13,23H,1-3H3. The molecule has 3 aromatic rings. The van der Waals surface area contributed by atoms with E-state index in [1.165, 1.54) is 5.56 Å². The van der Waals surface area contributed by atoms with Gasteiger partial charge in [0.25, 0.3) is 0 Å². The topological polar surface area (TPSA) is 58.1 Å². The molecule has 0 atom stereocenters. The Bertz CT molecular complexity index is 862. The number of azo groups is 1. The summed E-state index contributed by atoms with van der Waals surface area (Å²) in [5.41, 5.74) is 4.26. The van der Waals surface area contributed by atoms with Crippen LogP contribution in [0.15, 0.2) is 69.2 Å². The molecule has 1 N–H and O–H groups in total. The molecule has 0 aliphatic carbocycles. The first-order valence-corrected chi connectivity index (χ1v) is 7.95. The van der Waals surface area contributed by atoms with Gasteiger partial charge in [-0.2, -0.15) is 5.11 Å². The van der Waals surface area contributed by atoms with Crippen LogP contribution in [0.4, 0.5) is 11.4 Å². The lowest BCUT2D eigenvalue weighted by molar-refractivity contribution is 0.339. The van der Waals surface area contributed by atoms with Gasteiger partial charge in [-0.25, -0.2) is 0 Å². The Morgan fingerprint density at radius 2 is 1.58 bits per heavy atom. The van der Waals surface area contributed by atoms with Crippen molar-refractivity contribution in [1.82, 2.24) is 0 Å². The molecule has 2 aromatic carbocycles. The monoisotopic (exact) mass is 320 g/mol. The highest BCUT2D eigenvalue weighted by Gasteiger charge is 2.12. The zero-order valence-corrected chi connectivity index (χ0v) is 14.0. The highest BCUT2D eigenvalue weighted by molar-refractivity contribution is 5.65. The lowest BCUT2D eigenvalue weighted by Crippen LogP contribution is -1.85. The lowest BCUT2D eigenvalue weighted by atomic mass is 10.0. The third-order valence-electron chi connectivity index (χ3n) is 3.94. The van der Waals surface area contributed by atoms with E-state index in [9.17, 15) is 5.11 Å². The largest absolute Gasteiger partial charge is 0.479 e. The molecule has 0 aliphatic heterocycles. The highest BCUT2D eigenvalue weighted by Crippen LogP contribution is 2.37. The molecule has 0 aliphatic rings. The molecule has 0 unspecified atom stereocenters. The normalized spacial score (nSPS) is 11.5. The van der Waals surface area contributed by atoms with E-state index < -0.39 is 0 Å². The van der Waals surface area contributed by atoms with E-state index in [4.69, 9.17) is 4.42 Å². The number of furan rings is 1. The molecule has 3 rings (SSSR count). The van der Waals surface area contributed by atoms with Crippen LogP contribution in [0.25, 0.3) is 11.3 Å². The fraction of sp³-hybridized carbons (Fsp3) is 0.200. The maximum atomic E-state index is 9.96. The van der Waals surface area contributed by atoms with E-state index in [1.807, 2.05) is 43.3 Å². The Hall–Kier alpha value is -2.88. The van der Waals surface area contributed by atoms with Gasteiger partial charge >= 0.3 is 5.95 Å². The van der Waals surface area contributed by atoms with Gasteiger partial charge < -0.3 is 9.52 Å². The number of nitrogens with zero attached hydrogens (tertiary/aromatic N) is 2. The zero-order valence-electron chi connectivity index (χ0n) is 14.0. The number of hydrogen-bond donors (Lipinski definition) is 1. The van der Waals surface area contributed by atoms with Crippen LogP contribution in [0.3, 0.4) is 0 Å². The van der Waals surface area contributed by atoms with Crippen molar-refractivity contribution in [3.63, 3.8) is 0 Å². The van der Waals surface area contributed by atoms with E-state index in [1.54, 1.807) is 6.07 Å². The van der Waals surface area contributed by atoms with Gasteiger partial charge in [-0.05, 0) is 30.0 Å². The molecular weight excluding hydrogens is 300 g/mol. The second kappa shape index (κ2) is 6.71. The summed E-state index contributed by atoms with van der Waals surface area (Å²) in [6, 6.07) is 17.5. The second-order valence-electron chi connectivity index (χ2n) is 6.06. The summed E-state index contributed by atoms with van der Waals surface area (Å²) >= 11 is 0. The Balaban J connectivity index is 1.86. The van der Waals surface area contributed by atoms with Gasteiger partial charge in [-0.15, -0.1) is 5.11 Å². The maximum Gasteiger partial charge on any atom is 0.311 e. The lowest BCUT2D eigenvalue weighted by Gasteiger charge is -2.05. The van der Waals surface area contributed by atoms with Crippen molar-refractivity contribution in [1.29, 1.82) is 0 Å². The Kier molecular flexibility index (Phi) is 4.47. The summed E-state index contributed by atoms with van der Waals surface area (Å²) in [4.78, 5) is 0. The first-order chi connectivity index (χ1) is 11.5. The van der Waals surface area contributed by atoms with Crippen LogP contribution in [0.5, 0.6) is 5.95 Å². The van der Waals surface area contributed by atoms with Gasteiger partial charge in [0.2, 0.25) is 0 Å². The number of aryl methyl sites for hydroxylation is 1. The SMILES string of the molecule is Cc1ccccc1N=Nc1cc(-c2ccc(C(C)C)cc2)oc1O. The molecule has 1 aromatic heterocycles.